The van der Waals surface area contributed by atoms with Crippen LogP contribution in [-0.4, -0.2) is 60.2 Å². The molecule has 8 unspecified atom stereocenters. The topological polar surface area (TPSA) is 120 Å². The summed E-state index contributed by atoms with van der Waals surface area (Å²) in [7, 11) is 1.67. The molecule has 2 heterocycles. The SMILES string of the molecule is COC1CC(C)C(OC2CC(C)C(O)C(C)O2)C(C)O1.O.O. The van der Waals surface area contributed by atoms with E-state index in [1.807, 2.05) is 20.8 Å². The predicted octanol–water partition coefficient (Wildman–Crippen LogP) is 0.271. The third kappa shape index (κ3) is 4.86. The van der Waals surface area contributed by atoms with Gasteiger partial charge in [0.25, 0.3) is 0 Å². The first-order chi connectivity index (χ1) is 9.42. The van der Waals surface area contributed by atoms with Gasteiger partial charge in [0.05, 0.1) is 24.4 Å². The van der Waals surface area contributed by atoms with Crippen LogP contribution in [0.15, 0.2) is 0 Å². The molecule has 0 aliphatic carbocycles. The third-order valence-electron chi connectivity index (χ3n) is 4.52. The van der Waals surface area contributed by atoms with Gasteiger partial charge in [0, 0.05) is 20.0 Å². The number of methoxy groups -OCH3 is 1. The molecule has 5 N–H and O–H groups in total. The minimum absolute atomic E-state index is 0. The smallest absolute Gasteiger partial charge is 0.158 e. The summed E-state index contributed by atoms with van der Waals surface area (Å²) in [5.41, 5.74) is 0. The Balaban J connectivity index is 0.00000220. The lowest BCUT2D eigenvalue weighted by Crippen LogP contribution is -2.50. The van der Waals surface area contributed by atoms with E-state index in [9.17, 15) is 5.11 Å². The van der Waals surface area contributed by atoms with E-state index >= 15 is 0 Å². The fourth-order valence-corrected chi connectivity index (χ4v) is 3.21. The second-order valence-corrected chi connectivity index (χ2v) is 6.29. The Bertz CT molecular complexity index is 290. The fraction of sp³-hybridized carbons (Fsp3) is 1.00. The zero-order valence-electron chi connectivity index (χ0n) is 14.1. The molecule has 2 aliphatic heterocycles. The van der Waals surface area contributed by atoms with Gasteiger partial charge in [-0.2, -0.15) is 0 Å². The third-order valence-corrected chi connectivity index (χ3v) is 4.52. The molecule has 0 amide bonds. The lowest BCUT2D eigenvalue weighted by molar-refractivity contribution is -0.296. The van der Waals surface area contributed by atoms with Crippen molar-refractivity contribution in [3.63, 3.8) is 0 Å². The molecular formula is C15H32O7. The molecule has 7 nitrogen and oxygen atoms in total. The van der Waals surface area contributed by atoms with Gasteiger partial charge in [-0.1, -0.05) is 13.8 Å². The molecule has 0 spiro atoms. The molecule has 2 saturated heterocycles. The summed E-state index contributed by atoms with van der Waals surface area (Å²) < 4.78 is 22.9. The molecule has 2 fully saturated rings. The van der Waals surface area contributed by atoms with E-state index < -0.39 is 6.10 Å². The number of hydrogen-bond acceptors (Lipinski definition) is 5. The lowest BCUT2D eigenvalue weighted by Gasteiger charge is -2.43. The highest BCUT2D eigenvalue weighted by atomic mass is 16.7. The van der Waals surface area contributed by atoms with Crippen molar-refractivity contribution in [2.45, 2.75) is 77.5 Å². The van der Waals surface area contributed by atoms with E-state index in [4.69, 9.17) is 18.9 Å². The van der Waals surface area contributed by atoms with Gasteiger partial charge in [0.1, 0.15) is 0 Å². The van der Waals surface area contributed by atoms with E-state index in [2.05, 4.69) is 6.92 Å². The number of aliphatic hydroxyl groups is 1. The number of aliphatic hydroxyl groups excluding tert-OH is 1. The highest BCUT2D eigenvalue weighted by Gasteiger charge is 2.39. The summed E-state index contributed by atoms with van der Waals surface area (Å²) in [4.78, 5) is 0. The minimum atomic E-state index is -0.412. The molecule has 0 saturated carbocycles. The average Bonchev–Trinajstić information content (AvgIpc) is 2.39. The van der Waals surface area contributed by atoms with Crippen LogP contribution in [0.4, 0.5) is 0 Å². The maximum atomic E-state index is 9.92. The van der Waals surface area contributed by atoms with Crippen molar-refractivity contribution in [2.24, 2.45) is 11.8 Å². The molecule has 8 atom stereocenters. The van der Waals surface area contributed by atoms with Crippen molar-refractivity contribution < 1.29 is 35.0 Å². The van der Waals surface area contributed by atoms with Crippen LogP contribution < -0.4 is 0 Å². The number of hydrogen-bond donors (Lipinski definition) is 1. The quantitative estimate of drug-likeness (QED) is 0.799. The Labute approximate surface area is 132 Å². The Hall–Kier alpha value is -0.280. The monoisotopic (exact) mass is 324 g/mol. The summed E-state index contributed by atoms with van der Waals surface area (Å²) in [6.07, 6.45) is 0.510. The average molecular weight is 324 g/mol. The summed E-state index contributed by atoms with van der Waals surface area (Å²) >= 11 is 0. The number of rotatable bonds is 3. The molecule has 7 heteroatoms. The summed E-state index contributed by atoms with van der Waals surface area (Å²) in [5.74, 6) is 0.537. The molecule has 0 aromatic carbocycles. The van der Waals surface area contributed by atoms with Gasteiger partial charge in [-0.05, 0) is 25.7 Å². The van der Waals surface area contributed by atoms with Gasteiger partial charge in [0.15, 0.2) is 12.6 Å². The van der Waals surface area contributed by atoms with Crippen LogP contribution in [0.5, 0.6) is 0 Å². The summed E-state index contributed by atoms with van der Waals surface area (Å²) in [6.45, 7) is 8.09. The van der Waals surface area contributed by atoms with E-state index in [-0.39, 0.29) is 47.8 Å². The number of ether oxygens (including phenoxy) is 4. The van der Waals surface area contributed by atoms with Gasteiger partial charge in [-0.3, -0.25) is 0 Å². The standard InChI is InChI=1S/C15H28O5.2H2O/c1-8-6-13(18-10(3)14(8)16)20-15-9(2)7-12(17-5)19-11(15)4;;/h8-16H,6-7H2,1-5H3;2*1H2. The van der Waals surface area contributed by atoms with Crippen molar-refractivity contribution >= 4 is 0 Å². The Morgan fingerprint density at radius 3 is 1.91 bits per heavy atom. The zero-order chi connectivity index (χ0) is 14.9. The van der Waals surface area contributed by atoms with Crippen LogP contribution in [0.2, 0.25) is 0 Å². The van der Waals surface area contributed by atoms with Crippen LogP contribution in [0.1, 0.15) is 40.5 Å². The Morgan fingerprint density at radius 2 is 1.41 bits per heavy atom. The molecule has 0 bridgehead atoms. The highest BCUT2D eigenvalue weighted by Crippen LogP contribution is 2.32. The molecule has 0 aromatic rings. The summed E-state index contributed by atoms with van der Waals surface area (Å²) in [6, 6.07) is 0. The maximum absolute atomic E-state index is 9.92. The van der Waals surface area contributed by atoms with E-state index in [0.29, 0.717) is 5.92 Å². The van der Waals surface area contributed by atoms with Crippen LogP contribution in [-0.2, 0) is 18.9 Å². The molecule has 2 aliphatic rings. The van der Waals surface area contributed by atoms with Crippen molar-refractivity contribution in [3.8, 4) is 0 Å². The van der Waals surface area contributed by atoms with Crippen LogP contribution in [0.25, 0.3) is 0 Å². The Kier molecular flexibility index (Phi) is 9.01. The largest absolute Gasteiger partial charge is 0.412 e. The first-order valence-electron chi connectivity index (χ1n) is 7.59. The second-order valence-electron chi connectivity index (χ2n) is 6.29. The summed E-state index contributed by atoms with van der Waals surface area (Å²) in [5, 5.41) is 9.92. The predicted molar refractivity (Wildman–Crippen MR) is 81.3 cm³/mol. The molecule has 0 aromatic heterocycles. The normalized spacial score (nSPS) is 45.5. The van der Waals surface area contributed by atoms with E-state index in [1.165, 1.54) is 0 Å². The van der Waals surface area contributed by atoms with Crippen LogP contribution in [0.3, 0.4) is 0 Å². The van der Waals surface area contributed by atoms with Crippen molar-refractivity contribution in [2.75, 3.05) is 7.11 Å². The first kappa shape index (κ1) is 21.7. The first-order valence-corrected chi connectivity index (χ1v) is 7.59. The van der Waals surface area contributed by atoms with Crippen LogP contribution in [0, 0.1) is 11.8 Å². The maximum Gasteiger partial charge on any atom is 0.158 e. The van der Waals surface area contributed by atoms with Crippen molar-refractivity contribution in [3.05, 3.63) is 0 Å². The van der Waals surface area contributed by atoms with E-state index in [0.717, 1.165) is 12.8 Å². The van der Waals surface area contributed by atoms with Gasteiger partial charge in [-0.25, -0.2) is 0 Å². The van der Waals surface area contributed by atoms with Crippen molar-refractivity contribution in [1.82, 2.24) is 0 Å². The van der Waals surface area contributed by atoms with Gasteiger partial charge in [0.2, 0.25) is 0 Å². The molecule has 134 valence electrons. The van der Waals surface area contributed by atoms with Crippen LogP contribution >= 0.6 is 0 Å². The lowest BCUT2D eigenvalue weighted by atomic mass is 9.92. The zero-order valence-corrected chi connectivity index (χ0v) is 14.1. The molecule has 0 radical (unpaired) electrons. The fourth-order valence-electron chi connectivity index (χ4n) is 3.21. The highest BCUT2D eigenvalue weighted by molar-refractivity contribution is 4.83. The van der Waals surface area contributed by atoms with Gasteiger partial charge < -0.3 is 35.0 Å². The molecule has 2 rings (SSSR count). The minimum Gasteiger partial charge on any atom is -0.412 e. The molecule has 22 heavy (non-hydrogen) atoms. The van der Waals surface area contributed by atoms with E-state index in [1.54, 1.807) is 7.11 Å². The van der Waals surface area contributed by atoms with Gasteiger partial charge >= 0.3 is 0 Å². The molecular weight excluding hydrogens is 292 g/mol. The Morgan fingerprint density at radius 1 is 0.864 bits per heavy atom. The van der Waals surface area contributed by atoms with Gasteiger partial charge in [-0.15, -0.1) is 0 Å². The van der Waals surface area contributed by atoms with Crippen molar-refractivity contribution in [1.29, 1.82) is 0 Å². The second kappa shape index (κ2) is 9.12.